The van der Waals surface area contributed by atoms with Crippen LogP contribution in [0.2, 0.25) is 0 Å². The van der Waals surface area contributed by atoms with Crippen LogP contribution >= 0.6 is 0 Å². The van der Waals surface area contributed by atoms with Crippen molar-refractivity contribution in [3.05, 3.63) is 29.8 Å². The van der Waals surface area contributed by atoms with E-state index in [0.29, 0.717) is 19.3 Å². The molecule has 0 aliphatic heterocycles. The summed E-state index contributed by atoms with van der Waals surface area (Å²) in [5, 5.41) is 3.40. The van der Waals surface area contributed by atoms with Gasteiger partial charge in [0.15, 0.2) is 0 Å². The van der Waals surface area contributed by atoms with Crippen molar-refractivity contribution in [3.8, 4) is 5.75 Å². The monoisotopic (exact) mass is 267 g/mol. The first kappa shape index (κ1) is 16.0. The minimum atomic E-state index is 0.00708. The van der Waals surface area contributed by atoms with E-state index in [2.05, 4.69) is 25.2 Å². The Morgan fingerprint density at radius 3 is 2.58 bits per heavy atom. The van der Waals surface area contributed by atoms with Gasteiger partial charge in [-0.15, -0.1) is 0 Å². The number of methoxy groups -OCH3 is 2. The summed E-state index contributed by atoms with van der Waals surface area (Å²) in [4.78, 5) is 0. The lowest BCUT2D eigenvalue weighted by Crippen LogP contribution is -2.29. The Balaban J connectivity index is 2.69. The molecule has 1 rings (SSSR count). The van der Waals surface area contributed by atoms with Gasteiger partial charge >= 0.3 is 0 Å². The van der Waals surface area contributed by atoms with E-state index in [4.69, 9.17) is 14.2 Å². The van der Waals surface area contributed by atoms with Crippen LogP contribution in [0.5, 0.6) is 5.75 Å². The lowest BCUT2D eigenvalue weighted by molar-refractivity contribution is 0.0157. The van der Waals surface area contributed by atoms with Crippen LogP contribution in [0.15, 0.2) is 24.3 Å². The maximum absolute atomic E-state index is 5.88. The zero-order valence-electron chi connectivity index (χ0n) is 12.3. The topological polar surface area (TPSA) is 39.7 Å². The van der Waals surface area contributed by atoms with E-state index >= 15 is 0 Å². The summed E-state index contributed by atoms with van der Waals surface area (Å²) in [5.41, 5.74) is 1.11. The predicted molar refractivity (Wildman–Crippen MR) is 76.7 cm³/mol. The average molecular weight is 267 g/mol. The maximum atomic E-state index is 5.88. The predicted octanol–water partition coefficient (Wildman–Crippen LogP) is 2.40. The molecule has 0 aromatic heterocycles. The summed E-state index contributed by atoms with van der Waals surface area (Å²) in [6, 6.07) is 8.42. The van der Waals surface area contributed by atoms with E-state index in [0.717, 1.165) is 17.9 Å². The summed E-state index contributed by atoms with van der Waals surface area (Å²) in [5.74, 6) is 0.849. The highest BCUT2D eigenvalue weighted by Gasteiger charge is 2.13. The van der Waals surface area contributed by atoms with Crippen LogP contribution in [0.3, 0.4) is 0 Å². The molecule has 0 saturated heterocycles. The quantitative estimate of drug-likeness (QED) is 0.697. The number of benzene rings is 1. The van der Waals surface area contributed by atoms with Crippen molar-refractivity contribution < 1.29 is 14.2 Å². The molecule has 1 unspecified atom stereocenters. The van der Waals surface area contributed by atoms with Gasteiger partial charge in [0.05, 0.1) is 26.4 Å². The molecule has 1 atom stereocenters. The number of ether oxygens (including phenoxy) is 3. The van der Waals surface area contributed by atoms with Crippen molar-refractivity contribution >= 4 is 0 Å². The minimum absolute atomic E-state index is 0.00708. The van der Waals surface area contributed by atoms with Gasteiger partial charge < -0.3 is 19.5 Å². The van der Waals surface area contributed by atoms with Crippen molar-refractivity contribution in [2.24, 2.45) is 0 Å². The van der Waals surface area contributed by atoms with E-state index in [1.165, 1.54) is 0 Å². The normalized spacial score (nSPS) is 12.7. The van der Waals surface area contributed by atoms with Gasteiger partial charge in [0.1, 0.15) is 5.75 Å². The number of hydrogen-bond acceptors (Lipinski definition) is 4. The van der Waals surface area contributed by atoms with Crippen LogP contribution in [0.25, 0.3) is 0 Å². The van der Waals surface area contributed by atoms with Gasteiger partial charge in [0.2, 0.25) is 0 Å². The fraction of sp³-hybridized carbons (Fsp3) is 0.600. The highest BCUT2D eigenvalue weighted by atomic mass is 16.5. The van der Waals surface area contributed by atoms with E-state index < -0.39 is 0 Å². The van der Waals surface area contributed by atoms with Crippen LogP contribution < -0.4 is 10.1 Å². The molecule has 0 heterocycles. The molecular weight excluding hydrogens is 242 g/mol. The Kier molecular flexibility index (Phi) is 7.48. The third kappa shape index (κ3) is 6.05. The SMILES string of the molecule is COCCOC(CNC(C)C)c1cccc(OC)c1. The van der Waals surface area contributed by atoms with Crippen molar-refractivity contribution in [2.75, 3.05) is 34.0 Å². The Morgan fingerprint density at radius 2 is 1.95 bits per heavy atom. The number of nitrogens with one attached hydrogen (secondary N) is 1. The van der Waals surface area contributed by atoms with Gasteiger partial charge in [-0.25, -0.2) is 0 Å². The average Bonchev–Trinajstić information content (AvgIpc) is 2.42. The van der Waals surface area contributed by atoms with Crippen LogP contribution in [0.1, 0.15) is 25.5 Å². The minimum Gasteiger partial charge on any atom is -0.497 e. The molecule has 0 fully saturated rings. The third-order valence-electron chi connectivity index (χ3n) is 2.78. The molecule has 1 N–H and O–H groups in total. The van der Waals surface area contributed by atoms with Crippen LogP contribution in [-0.4, -0.2) is 40.0 Å². The fourth-order valence-electron chi connectivity index (χ4n) is 1.73. The second-order valence-corrected chi connectivity index (χ2v) is 4.69. The lowest BCUT2D eigenvalue weighted by Gasteiger charge is -2.21. The van der Waals surface area contributed by atoms with Gasteiger partial charge in [-0.3, -0.25) is 0 Å². The Bertz CT molecular complexity index is 355. The van der Waals surface area contributed by atoms with Crippen LogP contribution in [-0.2, 0) is 9.47 Å². The first-order chi connectivity index (χ1) is 9.17. The molecule has 108 valence electrons. The second-order valence-electron chi connectivity index (χ2n) is 4.69. The van der Waals surface area contributed by atoms with Gasteiger partial charge in [0.25, 0.3) is 0 Å². The Hall–Kier alpha value is -1.10. The Morgan fingerprint density at radius 1 is 1.16 bits per heavy atom. The summed E-state index contributed by atoms with van der Waals surface area (Å²) in [7, 11) is 3.35. The molecule has 0 radical (unpaired) electrons. The number of rotatable bonds is 9. The van der Waals surface area contributed by atoms with Gasteiger partial charge in [0, 0.05) is 19.7 Å². The summed E-state index contributed by atoms with van der Waals surface area (Å²) < 4.78 is 16.2. The van der Waals surface area contributed by atoms with Crippen LogP contribution in [0.4, 0.5) is 0 Å². The highest BCUT2D eigenvalue weighted by molar-refractivity contribution is 5.30. The summed E-state index contributed by atoms with van der Waals surface area (Å²) >= 11 is 0. The van der Waals surface area contributed by atoms with Gasteiger partial charge in [-0.2, -0.15) is 0 Å². The highest BCUT2D eigenvalue weighted by Crippen LogP contribution is 2.21. The lowest BCUT2D eigenvalue weighted by atomic mass is 10.1. The molecule has 0 aliphatic rings. The first-order valence-electron chi connectivity index (χ1n) is 6.65. The molecule has 0 spiro atoms. The molecule has 1 aromatic carbocycles. The van der Waals surface area contributed by atoms with Crippen molar-refractivity contribution in [1.29, 1.82) is 0 Å². The summed E-state index contributed by atoms with van der Waals surface area (Å²) in [6.07, 6.45) is 0.00708. The second kappa shape index (κ2) is 8.91. The Labute approximate surface area is 116 Å². The van der Waals surface area contributed by atoms with Crippen LogP contribution in [0, 0.1) is 0 Å². The molecule has 1 aromatic rings. The molecular formula is C15H25NO3. The largest absolute Gasteiger partial charge is 0.497 e. The van der Waals surface area contributed by atoms with E-state index in [-0.39, 0.29) is 6.10 Å². The maximum Gasteiger partial charge on any atom is 0.119 e. The molecule has 0 bridgehead atoms. The van der Waals surface area contributed by atoms with Crippen molar-refractivity contribution in [3.63, 3.8) is 0 Å². The molecule has 19 heavy (non-hydrogen) atoms. The molecule has 4 heteroatoms. The first-order valence-corrected chi connectivity index (χ1v) is 6.65. The zero-order chi connectivity index (χ0) is 14.1. The number of hydrogen-bond donors (Lipinski definition) is 1. The smallest absolute Gasteiger partial charge is 0.119 e. The molecule has 0 aliphatic carbocycles. The van der Waals surface area contributed by atoms with Gasteiger partial charge in [-0.05, 0) is 17.7 Å². The van der Waals surface area contributed by atoms with E-state index in [9.17, 15) is 0 Å². The zero-order valence-corrected chi connectivity index (χ0v) is 12.3. The summed E-state index contributed by atoms with van der Waals surface area (Å²) in [6.45, 7) is 6.20. The van der Waals surface area contributed by atoms with E-state index in [1.54, 1.807) is 14.2 Å². The third-order valence-corrected chi connectivity index (χ3v) is 2.78. The fourth-order valence-corrected chi connectivity index (χ4v) is 1.73. The standard InChI is InChI=1S/C15H25NO3/c1-12(2)16-11-15(19-9-8-17-3)13-6-5-7-14(10-13)18-4/h5-7,10,12,15-16H,8-9,11H2,1-4H3. The molecule has 0 amide bonds. The van der Waals surface area contributed by atoms with Crippen molar-refractivity contribution in [1.82, 2.24) is 5.32 Å². The van der Waals surface area contributed by atoms with Gasteiger partial charge in [-0.1, -0.05) is 26.0 Å². The van der Waals surface area contributed by atoms with Crippen molar-refractivity contribution in [2.45, 2.75) is 26.0 Å². The van der Waals surface area contributed by atoms with E-state index in [1.807, 2.05) is 18.2 Å². The molecule has 4 nitrogen and oxygen atoms in total. The molecule has 0 saturated carbocycles.